The largest absolute Gasteiger partial charge is 0.439 e. The van der Waals surface area contributed by atoms with E-state index in [0.717, 1.165) is 5.56 Å². The highest BCUT2D eigenvalue weighted by Gasteiger charge is 2.08. The predicted molar refractivity (Wildman–Crippen MR) is 68.2 cm³/mol. The molecule has 0 unspecified atom stereocenters. The average Bonchev–Trinajstić information content (AvgIpc) is 2.42. The molecule has 0 amide bonds. The molecule has 0 radical (unpaired) electrons. The standard InChI is InChI=1S/C13H12N2O4/c16-8-6-10-1-3-12(4-2-10)19-13-9-11(15(17)18)5-7-14-13/h1-5,7,9,16H,6,8H2. The van der Waals surface area contributed by atoms with Gasteiger partial charge in [0.2, 0.25) is 5.88 Å². The van der Waals surface area contributed by atoms with Crippen LogP contribution >= 0.6 is 0 Å². The second-order valence-corrected chi connectivity index (χ2v) is 3.83. The van der Waals surface area contributed by atoms with Crippen LogP contribution in [0.3, 0.4) is 0 Å². The van der Waals surface area contributed by atoms with Gasteiger partial charge >= 0.3 is 0 Å². The van der Waals surface area contributed by atoms with E-state index in [2.05, 4.69) is 4.98 Å². The van der Waals surface area contributed by atoms with E-state index in [1.54, 1.807) is 12.1 Å². The number of nitro groups is 1. The van der Waals surface area contributed by atoms with Gasteiger partial charge in [-0.05, 0) is 24.1 Å². The summed E-state index contributed by atoms with van der Waals surface area (Å²) in [6, 6.07) is 9.67. The fraction of sp³-hybridized carbons (Fsp3) is 0.154. The lowest BCUT2D eigenvalue weighted by molar-refractivity contribution is -0.385. The number of nitrogens with zero attached hydrogens (tertiary/aromatic N) is 2. The molecule has 6 heteroatoms. The van der Waals surface area contributed by atoms with Crippen molar-refractivity contribution in [1.29, 1.82) is 0 Å². The van der Waals surface area contributed by atoms with Crippen LogP contribution in [0.15, 0.2) is 42.6 Å². The maximum absolute atomic E-state index is 10.6. The van der Waals surface area contributed by atoms with Gasteiger partial charge in [0.25, 0.3) is 5.69 Å². The fourth-order valence-electron chi connectivity index (χ4n) is 1.54. The summed E-state index contributed by atoms with van der Waals surface area (Å²) in [6.07, 6.45) is 1.91. The molecule has 0 aliphatic heterocycles. The first-order chi connectivity index (χ1) is 9.19. The van der Waals surface area contributed by atoms with E-state index < -0.39 is 4.92 Å². The molecule has 98 valence electrons. The minimum atomic E-state index is -0.501. The highest BCUT2D eigenvalue weighted by molar-refractivity contribution is 5.36. The zero-order chi connectivity index (χ0) is 13.7. The van der Waals surface area contributed by atoms with Gasteiger partial charge in [-0.2, -0.15) is 0 Å². The van der Waals surface area contributed by atoms with Crippen molar-refractivity contribution < 1.29 is 14.8 Å². The topological polar surface area (TPSA) is 85.5 Å². The fourth-order valence-corrected chi connectivity index (χ4v) is 1.54. The van der Waals surface area contributed by atoms with Crippen molar-refractivity contribution in [1.82, 2.24) is 4.98 Å². The maximum Gasteiger partial charge on any atom is 0.276 e. The molecule has 19 heavy (non-hydrogen) atoms. The highest BCUT2D eigenvalue weighted by atomic mass is 16.6. The van der Waals surface area contributed by atoms with Crippen LogP contribution in [0.2, 0.25) is 0 Å². The number of benzene rings is 1. The second-order valence-electron chi connectivity index (χ2n) is 3.83. The van der Waals surface area contributed by atoms with Crippen molar-refractivity contribution >= 4 is 5.69 Å². The Kier molecular flexibility index (Phi) is 4.04. The van der Waals surface area contributed by atoms with Crippen LogP contribution in [0.5, 0.6) is 11.6 Å². The molecule has 6 nitrogen and oxygen atoms in total. The highest BCUT2D eigenvalue weighted by Crippen LogP contribution is 2.23. The normalized spacial score (nSPS) is 10.2. The Morgan fingerprint density at radius 3 is 2.63 bits per heavy atom. The van der Waals surface area contributed by atoms with Crippen molar-refractivity contribution in [3.8, 4) is 11.6 Å². The molecule has 0 bridgehead atoms. The first-order valence-electron chi connectivity index (χ1n) is 5.67. The summed E-state index contributed by atoms with van der Waals surface area (Å²) in [7, 11) is 0. The average molecular weight is 260 g/mol. The summed E-state index contributed by atoms with van der Waals surface area (Å²) >= 11 is 0. The molecule has 0 aliphatic carbocycles. The van der Waals surface area contributed by atoms with Crippen molar-refractivity contribution in [3.63, 3.8) is 0 Å². The van der Waals surface area contributed by atoms with Gasteiger partial charge in [-0.3, -0.25) is 10.1 Å². The number of aliphatic hydroxyl groups excluding tert-OH is 1. The third-order valence-corrected chi connectivity index (χ3v) is 2.48. The molecule has 0 atom stereocenters. The quantitative estimate of drug-likeness (QED) is 0.658. The Morgan fingerprint density at radius 2 is 2.00 bits per heavy atom. The summed E-state index contributed by atoms with van der Waals surface area (Å²) in [5, 5.41) is 19.4. The molecular weight excluding hydrogens is 248 g/mol. The van der Waals surface area contributed by atoms with E-state index in [4.69, 9.17) is 9.84 Å². The number of rotatable bonds is 5. The smallest absolute Gasteiger partial charge is 0.276 e. The zero-order valence-electron chi connectivity index (χ0n) is 10.0. The second kappa shape index (κ2) is 5.92. The summed E-state index contributed by atoms with van der Waals surface area (Å²) in [5.41, 5.74) is 0.920. The van der Waals surface area contributed by atoms with E-state index >= 15 is 0 Å². The molecule has 0 fully saturated rings. The minimum Gasteiger partial charge on any atom is -0.439 e. The van der Waals surface area contributed by atoms with Gasteiger partial charge in [-0.1, -0.05) is 12.1 Å². The lowest BCUT2D eigenvalue weighted by atomic mass is 10.1. The van der Waals surface area contributed by atoms with Gasteiger partial charge in [0.15, 0.2) is 0 Å². The van der Waals surface area contributed by atoms with E-state index in [0.29, 0.717) is 12.2 Å². The molecule has 0 spiro atoms. The van der Waals surface area contributed by atoms with E-state index in [1.807, 2.05) is 12.1 Å². The van der Waals surface area contributed by atoms with Crippen LogP contribution < -0.4 is 4.74 Å². The molecule has 2 aromatic rings. The van der Waals surface area contributed by atoms with E-state index in [1.165, 1.54) is 18.3 Å². The van der Waals surface area contributed by atoms with Crippen LogP contribution in [0.25, 0.3) is 0 Å². The van der Waals surface area contributed by atoms with Crippen LogP contribution in [0.4, 0.5) is 5.69 Å². The number of pyridine rings is 1. The van der Waals surface area contributed by atoms with Crippen molar-refractivity contribution in [2.45, 2.75) is 6.42 Å². The van der Waals surface area contributed by atoms with Crippen molar-refractivity contribution in [2.24, 2.45) is 0 Å². The summed E-state index contributed by atoms with van der Waals surface area (Å²) < 4.78 is 5.42. The first-order valence-corrected chi connectivity index (χ1v) is 5.67. The first kappa shape index (κ1) is 13.0. The number of hydrogen-bond acceptors (Lipinski definition) is 5. The number of hydrogen-bond donors (Lipinski definition) is 1. The molecule has 1 heterocycles. The molecule has 2 rings (SSSR count). The van der Waals surface area contributed by atoms with Gasteiger partial charge in [0.1, 0.15) is 5.75 Å². The van der Waals surface area contributed by atoms with E-state index in [-0.39, 0.29) is 18.2 Å². The van der Waals surface area contributed by atoms with Gasteiger partial charge in [-0.25, -0.2) is 4.98 Å². The van der Waals surface area contributed by atoms with Crippen LogP contribution in [-0.4, -0.2) is 21.6 Å². The molecule has 0 aliphatic rings. The molecule has 1 N–H and O–H groups in total. The SMILES string of the molecule is O=[N+]([O-])c1ccnc(Oc2ccc(CCO)cc2)c1. The molecule has 0 saturated carbocycles. The van der Waals surface area contributed by atoms with Gasteiger partial charge in [-0.15, -0.1) is 0 Å². The number of ether oxygens (including phenoxy) is 1. The minimum absolute atomic E-state index is 0.0677. The van der Waals surface area contributed by atoms with Crippen LogP contribution in [-0.2, 0) is 6.42 Å². The third-order valence-electron chi connectivity index (χ3n) is 2.48. The maximum atomic E-state index is 10.6. The Bertz CT molecular complexity index is 569. The third kappa shape index (κ3) is 3.49. The van der Waals surface area contributed by atoms with Gasteiger partial charge in [0, 0.05) is 18.9 Å². The Hall–Kier alpha value is -2.47. The molecule has 1 aromatic heterocycles. The summed E-state index contributed by atoms with van der Waals surface area (Å²) in [5.74, 6) is 0.707. The van der Waals surface area contributed by atoms with Crippen molar-refractivity contribution in [3.05, 3.63) is 58.3 Å². The van der Waals surface area contributed by atoms with Gasteiger partial charge in [0.05, 0.1) is 11.0 Å². The number of aromatic nitrogens is 1. The number of aliphatic hydroxyl groups is 1. The van der Waals surface area contributed by atoms with E-state index in [9.17, 15) is 10.1 Å². The van der Waals surface area contributed by atoms with Crippen LogP contribution in [0, 0.1) is 10.1 Å². The summed E-state index contributed by atoms with van der Waals surface area (Å²) in [4.78, 5) is 14.0. The zero-order valence-corrected chi connectivity index (χ0v) is 10.0. The van der Waals surface area contributed by atoms with Gasteiger partial charge < -0.3 is 9.84 Å². The predicted octanol–water partition coefficient (Wildman–Crippen LogP) is 2.32. The van der Waals surface area contributed by atoms with Crippen LogP contribution in [0.1, 0.15) is 5.56 Å². The van der Waals surface area contributed by atoms with Crippen molar-refractivity contribution in [2.75, 3.05) is 6.61 Å². The summed E-state index contributed by atoms with van der Waals surface area (Å²) in [6.45, 7) is 0.0899. The molecular formula is C13H12N2O4. The lowest BCUT2D eigenvalue weighted by Crippen LogP contribution is -1.93. The Morgan fingerprint density at radius 1 is 1.26 bits per heavy atom. The Balaban J connectivity index is 2.12. The molecule has 0 saturated heterocycles. The molecule has 1 aromatic carbocycles. The monoisotopic (exact) mass is 260 g/mol. The lowest BCUT2D eigenvalue weighted by Gasteiger charge is -2.05. The Labute approximate surface area is 109 Å².